The Kier molecular flexibility index (Phi) is 4.39. The average molecular weight is 321 g/mol. The van der Waals surface area contributed by atoms with Gasteiger partial charge in [-0.05, 0) is 44.0 Å². The molecule has 0 fully saturated rings. The van der Waals surface area contributed by atoms with E-state index in [1.165, 1.54) is 0 Å². The van der Waals surface area contributed by atoms with Gasteiger partial charge in [0.05, 0.1) is 4.90 Å². The molecular weight excluding hydrogens is 302 g/mol. The van der Waals surface area contributed by atoms with Gasteiger partial charge in [0.1, 0.15) is 5.69 Å². The quantitative estimate of drug-likeness (QED) is 0.839. The van der Waals surface area contributed by atoms with Crippen molar-refractivity contribution in [2.45, 2.75) is 25.7 Å². The number of nitrogens with zero attached hydrogens (tertiary/aromatic N) is 1. The first-order valence-corrected chi connectivity index (χ1v) is 8.22. The number of benzene rings is 1. The third-order valence-electron chi connectivity index (χ3n) is 3.35. The van der Waals surface area contributed by atoms with Gasteiger partial charge in [-0.3, -0.25) is 10.2 Å². The number of carbonyl (C=O) groups excluding carboxylic acids is 1. The Balaban J connectivity index is 2.23. The monoisotopic (exact) mass is 321 g/mol. The first-order chi connectivity index (χ1) is 10.2. The standard InChI is InChI=1S/C15H19N3O3S/c1-10-8-11(2)14(12(3)9-10)22(20,21)17-16-15(19)13-6-5-7-18(13)4/h5-9,17H,1-4H3,(H,16,19). The topological polar surface area (TPSA) is 80.2 Å². The highest BCUT2D eigenvalue weighted by atomic mass is 32.2. The van der Waals surface area contributed by atoms with Crippen LogP contribution in [0.25, 0.3) is 0 Å². The number of aromatic nitrogens is 1. The van der Waals surface area contributed by atoms with Gasteiger partial charge in [0.2, 0.25) is 0 Å². The van der Waals surface area contributed by atoms with Crippen molar-refractivity contribution in [3.63, 3.8) is 0 Å². The third kappa shape index (κ3) is 3.20. The number of hydrazine groups is 1. The molecule has 2 N–H and O–H groups in total. The minimum Gasteiger partial charge on any atom is -0.347 e. The van der Waals surface area contributed by atoms with Gasteiger partial charge in [0.15, 0.2) is 0 Å². The Hall–Kier alpha value is -2.12. The third-order valence-corrected chi connectivity index (χ3v) is 4.90. The van der Waals surface area contributed by atoms with E-state index >= 15 is 0 Å². The smallest absolute Gasteiger partial charge is 0.282 e. The second-order valence-corrected chi connectivity index (χ2v) is 6.91. The zero-order valence-electron chi connectivity index (χ0n) is 13.0. The predicted molar refractivity (Wildman–Crippen MR) is 83.9 cm³/mol. The lowest BCUT2D eigenvalue weighted by Crippen LogP contribution is -2.42. The van der Waals surface area contributed by atoms with Crippen molar-refractivity contribution >= 4 is 15.9 Å². The maximum atomic E-state index is 12.4. The van der Waals surface area contributed by atoms with E-state index in [9.17, 15) is 13.2 Å². The number of hydrogen-bond donors (Lipinski definition) is 2. The Morgan fingerprint density at radius 1 is 1.14 bits per heavy atom. The molecule has 1 aromatic carbocycles. The SMILES string of the molecule is Cc1cc(C)c(S(=O)(=O)NNC(=O)c2cccn2C)c(C)c1. The van der Waals surface area contributed by atoms with E-state index in [1.807, 2.05) is 6.92 Å². The molecule has 6 nitrogen and oxygen atoms in total. The zero-order valence-corrected chi connectivity index (χ0v) is 13.8. The van der Waals surface area contributed by atoms with E-state index in [0.717, 1.165) is 5.56 Å². The molecule has 0 aliphatic heterocycles. The maximum absolute atomic E-state index is 12.4. The molecule has 0 spiro atoms. The fourth-order valence-electron chi connectivity index (χ4n) is 2.52. The Morgan fingerprint density at radius 2 is 1.73 bits per heavy atom. The summed E-state index contributed by atoms with van der Waals surface area (Å²) in [7, 11) is -2.12. The number of aryl methyl sites for hydroxylation is 4. The van der Waals surface area contributed by atoms with Crippen molar-refractivity contribution in [3.05, 3.63) is 52.8 Å². The molecule has 0 unspecified atom stereocenters. The van der Waals surface area contributed by atoms with Crippen LogP contribution in [0.1, 0.15) is 27.2 Å². The summed E-state index contributed by atoms with van der Waals surface area (Å²) < 4.78 is 26.4. The van der Waals surface area contributed by atoms with Crippen molar-refractivity contribution in [1.29, 1.82) is 0 Å². The molecule has 2 aromatic rings. The highest BCUT2D eigenvalue weighted by molar-refractivity contribution is 7.89. The summed E-state index contributed by atoms with van der Waals surface area (Å²) in [5, 5.41) is 0. The van der Waals surface area contributed by atoms with Crippen molar-refractivity contribution < 1.29 is 13.2 Å². The molecule has 0 radical (unpaired) electrons. The van der Waals surface area contributed by atoms with Gasteiger partial charge in [-0.2, -0.15) is 0 Å². The number of sulfonamides is 1. The van der Waals surface area contributed by atoms with Crippen molar-refractivity contribution in [2.75, 3.05) is 0 Å². The van der Waals surface area contributed by atoms with Gasteiger partial charge in [-0.25, -0.2) is 8.42 Å². The lowest BCUT2D eigenvalue weighted by atomic mass is 10.1. The fraction of sp³-hybridized carbons (Fsp3) is 0.267. The largest absolute Gasteiger partial charge is 0.347 e. The Labute approximate surface area is 130 Å². The number of hydrogen-bond acceptors (Lipinski definition) is 3. The molecular formula is C15H19N3O3S. The molecule has 22 heavy (non-hydrogen) atoms. The summed E-state index contributed by atoms with van der Waals surface area (Å²) in [6.07, 6.45) is 1.71. The van der Waals surface area contributed by atoms with E-state index < -0.39 is 15.9 Å². The van der Waals surface area contributed by atoms with Gasteiger partial charge in [-0.15, -0.1) is 4.83 Å². The molecule has 0 aliphatic carbocycles. The molecule has 0 saturated carbocycles. The zero-order chi connectivity index (χ0) is 16.5. The molecule has 118 valence electrons. The second kappa shape index (κ2) is 5.94. The van der Waals surface area contributed by atoms with Crippen molar-refractivity contribution in [2.24, 2.45) is 7.05 Å². The van der Waals surface area contributed by atoms with E-state index in [0.29, 0.717) is 16.8 Å². The summed E-state index contributed by atoms with van der Waals surface area (Å²) in [6.45, 7) is 5.36. The van der Waals surface area contributed by atoms with Gasteiger partial charge in [0.25, 0.3) is 15.9 Å². The maximum Gasteiger partial charge on any atom is 0.282 e. The average Bonchev–Trinajstić information content (AvgIpc) is 2.80. The number of nitrogens with one attached hydrogen (secondary N) is 2. The van der Waals surface area contributed by atoms with Crippen LogP contribution in [0.5, 0.6) is 0 Å². The molecule has 1 amide bonds. The molecule has 0 aliphatic rings. The molecule has 0 bridgehead atoms. The van der Waals surface area contributed by atoms with Gasteiger partial charge in [0, 0.05) is 13.2 Å². The van der Waals surface area contributed by atoms with Crippen LogP contribution in [-0.4, -0.2) is 18.9 Å². The summed E-state index contributed by atoms with van der Waals surface area (Å²) in [5.41, 5.74) is 4.86. The minimum atomic E-state index is -3.83. The van der Waals surface area contributed by atoms with Crippen LogP contribution in [0.2, 0.25) is 0 Å². The first kappa shape index (κ1) is 16.3. The normalized spacial score (nSPS) is 11.5. The fourth-order valence-corrected chi connectivity index (χ4v) is 3.81. The molecule has 7 heteroatoms. The number of amides is 1. The van der Waals surface area contributed by atoms with Crippen LogP contribution >= 0.6 is 0 Å². The van der Waals surface area contributed by atoms with Crippen LogP contribution < -0.4 is 10.3 Å². The van der Waals surface area contributed by atoms with E-state index in [2.05, 4.69) is 10.3 Å². The molecule has 1 heterocycles. The Morgan fingerprint density at radius 3 is 2.23 bits per heavy atom. The lowest BCUT2D eigenvalue weighted by Gasteiger charge is -2.13. The Bertz CT molecular complexity index is 799. The number of rotatable bonds is 4. The second-order valence-electron chi connectivity index (χ2n) is 5.29. The van der Waals surface area contributed by atoms with Gasteiger partial charge in [-0.1, -0.05) is 17.7 Å². The first-order valence-electron chi connectivity index (χ1n) is 6.73. The lowest BCUT2D eigenvalue weighted by molar-refractivity contribution is 0.0937. The van der Waals surface area contributed by atoms with E-state index in [-0.39, 0.29) is 4.90 Å². The molecule has 1 aromatic heterocycles. The van der Waals surface area contributed by atoms with Crippen LogP contribution in [0.4, 0.5) is 0 Å². The summed E-state index contributed by atoms with van der Waals surface area (Å²) in [5.74, 6) is -0.515. The van der Waals surface area contributed by atoms with Gasteiger partial charge >= 0.3 is 0 Å². The summed E-state index contributed by atoms with van der Waals surface area (Å²) in [6, 6.07) is 6.89. The van der Waals surface area contributed by atoms with Crippen LogP contribution in [0.3, 0.4) is 0 Å². The summed E-state index contributed by atoms with van der Waals surface area (Å²) >= 11 is 0. The van der Waals surface area contributed by atoms with Crippen LogP contribution in [-0.2, 0) is 17.1 Å². The van der Waals surface area contributed by atoms with Crippen LogP contribution in [0.15, 0.2) is 35.4 Å². The van der Waals surface area contributed by atoms with Gasteiger partial charge < -0.3 is 4.57 Å². The van der Waals surface area contributed by atoms with Crippen molar-refractivity contribution in [3.8, 4) is 0 Å². The highest BCUT2D eigenvalue weighted by Crippen LogP contribution is 2.21. The van der Waals surface area contributed by atoms with E-state index in [1.54, 1.807) is 55.9 Å². The molecule has 2 rings (SSSR count). The predicted octanol–water partition coefficient (Wildman–Crippen LogP) is 1.57. The minimum absolute atomic E-state index is 0.185. The molecule has 0 saturated heterocycles. The van der Waals surface area contributed by atoms with Crippen LogP contribution in [0, 0.1) is 20.8 Å². The number of carbonyl (C=O) groups is 1. The van der Waals surface area contributed by atoms with E-state index in [4.69, 9.17) is 0 Å². The molecule has 0 atom stereocenters. The highest BCUT2D eigenvalue weighted by Gasteiger charge is 2.21. The summed E-state index contributed by atoms with van der Waals surface area (Å²) in [4.78, 5) is 14.3. The van der Waals surface area contributed by atoms with Crippen molar-refractivity contribution in [1.82, 2.24) is 14.8 Å².